The Morgan fingerprint density at radius 3 is 2.44 bits per heavy atom. The lowest BCUT2D eigenvalue weighted by molar-refractivity contribution is 0.405. The van der Waals surface area contributed by atoms with E-state index >= 15 is 0 Å². The molecule has 0 saturated carbocycles. The molecular weight excluding hydrogens is 340 g/mol. The highest BCUT2D eigenvalue weighted by molar-refractivity contribution is 5.67. The summed E-state index contributed by atoms with van der Waals surface area (Å²) in [6.45, 7) is 2.68. The number of rotatable bonds is 7. The minimum Gasteiger partial charge on any atom is -0.497 e. The molecule has 0 aliphatic rings. The molecule has 140 valence electrons. The van der Waals surface area contributed by atoms with E-state index in [1.165, 1.54) is 5.56 Å². The summed E-state index contributed by atoms with van der Waals surface area (Å²) < 4.78 is 10.7. The second kappa shape index (κ2) is 8.40. The van der Waals surface area contributed by atoms with Crippen molar-refractivity contribution >= 4 is 17.5 Å². The zero-order valence-electron chi connectivity index (χ0n) is 16.1. The molecular formula is C21H24N4O2. The zero-order chi connectivity index (χ0) is 19.2. The van der Waals surface area contributed by atoms with Crippen molar-refractivity contribution in [3.05, 3.63) is 65.9 Å². The van der Waals surface area contributed by atoms with E-state index in [-0.39, 0.29) is 0 Å². The second-order valence-corrected chi connectivity index (χ2v) is 6.23. The average molecular weight is 364 g/mol. The Morgan fingerprint density at radius 2 is 1.74 bits per heavy atom. The van der Waals surface area contributed by atoms with E-state index in [0.29, 0.717) is 17.5 Å². The molecule has 0 spiro atoms. The number of nitrogens with one attached hydrogen (secondary N) is 1. The third-order valence-electron chi connectivity index (χ3n) is 4.12. The fourth-order valence-electron chi connectivity index (χ4n) is 2.77. The number of anilines is 3. The number of methoxy groups -OCH3 is 2. The standard InChI is InChI=1S/C21H24N4O2/c1-15-12-20(23-18-13-17(26-3)10-11-19(18)27-4)24-21(22-15)25(2)14-16-8-6-5-7-9-16/h5-13H,14H2,1-4H3,(H,22,23,24). The van der Waals surface area contributed by atoms with Gasteiger partial charge in [-0.1, -0.05) is 30.3 Å². The summed E-state index contributed by atoms with van der Waals surface area (Å²) in [5, 5.41) is 3.32. The van der Waals surface area contributed by atoms with Crippen LogP contribution >= 0.6 is 0 Å². The van der Waals surface area contributed by atoms with E-state index in [1.807, 2.05) is 61.3 Å². The molecule has 0 aliphatic carbocycles. The van der Waals surface area contributed by atoms with Crippen molar-refractivity contribution in [2.75, 3.05) is 31.5 Å². The predicted octanol–water partition coefficient (Wildman–Crippen LogP) is 4.18. The van der Waals surface area contributed by atoms with Gasteiger partial charge in [0.1, 0.15) is 17.3 Å². The molecule has 6 nitrogen and oxygen atoms in total. The van der Waals surface area contributed by atoms with Crippen LogP contribution < -0.4 is 19.7 Å². The third-order valence-corrected chi connectivity index (χ3v) is 4.12. The molecule has 0 unspecified atom stereocenters. The van der Waals surface area contributed by atoms with Crippen LogP contribution in [0.15, 0.2) is 54.6 Å². The molecule has 0 radical (unpaired) electrons. The number of hydrogen-bond acceptors (Lipinski definition) is 6. The van der Waals surface area contributed by atoms with Crippen molar-refractivity contribution in [1.82, 2.24) is 9.97 Å². The molecule has 27 heavy (non-hydrogen) atoms. The summed E-state index contributed by atoms with van der Waals surface area (Å²) in [4.78, 5) is 11.3. The van der Waals surface area contributed by atoms with Crippen molar-refractivity contribution in [1.29, 1.82) is 0 Å². The van der Waals surface area contributed by atoms with Crippen molar-refractivity contribution in [2.24, 2.45) is 0 Å². The molecule has 1 aromatic heterocycles. The average Bonchev–Trinajstić information content (AvgIpc) is 2.68. The highest BCUT2D eigenvalue weighted by Gasteiger charge is 2.11. The number of hydrogen-bond donors (Lipinski definition) is 1. The molecule has 0 aliphatic heterocycles. The Bertz CT molecular complexity index is 900. The van der Waals surface area contributed by atoms with Gasteiger partial charge in [-0.3, -0.25) is 0 Å². The van der Waals surface area contributed by atoms with E-state index in [9.17, 15) is 0 Å². The summed E-state index contributed by atoms with van der Waals surface area (Å²) in [5.74, 6) is 2.81. The maximum absolute atomic E-state index is 5.43. The molecule has 1 heterocycles. The van der Waals surface area contributed by atoms with Gasteiger partial charge in [-0.15, -0.1) is 0 Å². The van der Waals surface area contributed by atoms with Crippen LogP contribution in [0.25, 0.3) is 0 Å². The normalized spacial score (nSPS) is 10.4. The molecule has 0 atom stereocenters. The zero-order valence-corrected chi connectivity index (χ0v) is 16.1. The number of aryl methyl sites for hydroxylation is 1. The molecule has 2 aromatic carbocycles. The van der Waals surface area contributed by atoms with Crippen LogP contribution in [0.3, 0.4) is 0 Å². The molecule has 0 amide bonds. The van der Waals surface area contributed by atoms with Gasteiger partial charge in [0.2, 0.25) is 5.95 Å². The maximum atomic E-state index is 5.43. The SMILES string of the molecule is COc1ccc(OC)c(Nc2cc(C)nc(N(C)Cc3ccccc3)n2)c1. The first-order valence-corrected chi connectivity index (χ1v) is 8.69. The van der Waals surface area contributed by atoms with Crippen molar-refractivity contribution in [3.63, 3.8) is 0 Å². The molecule has 3 aromatic rings. The van der Waals surface area contributed by atoms with Crippen molar-refractivity contribution in [3.8, 4) is 11.5 Å². The number of aromatic nitrogens is 2. The fraction of sp³-hybridized carbons (Fsp3) is 0.238. The highest BCUT2D eigenvalue weighted by Crippen LogP contribution is 2.31. The first-order valence-electron chi connectivity index (χ1n) is 8.69. The lowest BCUT2D eigenvalue weighted by atomic mass is 10.2. The van der Waals surface area contributed by atoms with Crippen molar-refractivity contribution in [2.45, 2.75) is 13.5 Å². The second-order valence-electron chi connectivity index (χ2n) is 6.23. The van der Waals surface area contributed by atoms with Gasteiger partial charge in [0.25, 0.3) is 0 Å². The van der Waals surface area contributed by atoms with E-state index in [2.05, 4.69) is 27.4 Å². The Kier molecular flexibility index (Phi) is 5.76. The maximum Gasteiger partial charge on any atom is 0.227 e. The number of ether oxygens (including phenoxy) is 2. The first-order chi connectivity index (χ1) is 13.1. The van der Waals surface area contributed by atoms with E-state index in [1.54, 1.807) is 14.2 Å². The number of benzene rings is 2. The quantitative estimate of drug-likeness (QED) is 0.679. The summed E-state index contributed by atoms with van der Waals surface area (Å²) in [6, 6.07) is 17.7. The lowest BCUT2D eigenvalue weighted by Crippen LogP contribution is -2.19. The molecule has 3 rings (SSSR count). The molecule has 0 saturated heterocycles. The van der Waals surface area contributed by atoms with Crippen LogP contribution in [0.1, 0.15) is 11.3 Å². The molecule has 6 heteroatoms. The van der Waals surface area contributed by atoms with Gasteiger partial charge in [-0.2, -0.15) is 4.98 Å². The Balaban J connectivity index is 1.85. The van der Waals surface area contributed by atoms with Gasteiger partial charge in [0.15, 0.2) is 0 Å². The van der Waals surface area contributed by atoms with Gasteiger partial charge in [0.05, 0.1) is 19.9 Å². The van der Waals surface area contributed by atoms with Crippen LogP contribution in [-0.2, 0) is 6.54 Å². The van der Waals surface area contributed by atoms with Crippen LogP contribution in [0.4, 0.5) is 17.5 Å². The largest absolute Gasteiger partial charge is 0.497 e. The van der Waals surface area contributed by atoms with Gasteiger partial charge in [-0.25, -0.2) is 4.98 Å². The number of nitrogens with zero attached hydrogens (tertiary/aromatic N) is 3. The molecule has 0 bridgehead atoms. The van der Waals surface area contributed by atoms with Crippen LogP contribution in [0.2, 0.25) is 0 Å². The minimum atomic E-state index is 0.656. The summed E-state index contributed by atoms with van der Waals surface area (Å²) in [5.41, 5.74) is 2.87. The first kappa shape index (κ1) is 18.5. The van der Waals surface area contributed by atoms with Gasteiger partial charge < -0.3 is 19.7 Å². The summed E-state index contributed by atoms with van der Waals surface area (Å²) in [6.07, 6.45) is 0. The van der Waals surface area contributed by atoms with Crippen LogP contribution in [-0.4, -0.2) is 31.2 Å². The van der Waals surface area contributed by atoms with Gasteiger partial charge in [0, 0.05) is 31.4 Å². The van der Waals surface area contributed by atoms with E-state index in [0.717, 1.165) is 23.7 Å². The minimum absolute atomic E-state index is 0.656. The van der Waals surface area contributed by atoms with Crippen molar-refractivity contribution < 1.29 is 9.47 Å². The molecule has 1 N–H and O–H groups in total. The van der Waals surface area contributed by atoms with Crippen LogP contribution in [0, 0.1) is 6.92 Å². The third kappa shape index (κ3) is 4.67. The summed E-state index contributed by atoms with van der Waals surface area (Å²) in [7, 11) is 5.26. The smallest absolute Gasteiger partial charge is 0.227 e. The molecule has 0 fully saturated rings. The lowest BCUT2D eigenvalue weighted by Gasteiger charge is -2.19. The highest BCUT2D eigenvalue weighted by atomic mass is 16.5. The monoisotopic (exact) mass is 364 g/mol. The Labute approximate surface area is 159 Å². The Hall–Kier alpha value is -3.28. The van der Waals surface area contributed by atoms with Gasteiger partial charge >= 0.3 is 0 Å². The topological polar surface area (TPSA) is 59.5 Å². The Morgan fingerprint density at radius 1 is 0.963 bits per heavy atom. The van der Waals surface area contributed by atoms with Crippen LogP contribution in [0.5, 0.6) is 11.5 Å². The van der Waals surface area contributed by atoms with Gasteiger partial charge in [-0.05, 0) is 24.6 Å². The van der Waals surface area contributed by atoms with E-state index < -0.39 is 0 Å². The van der Waals surface area contributed by atoms with E-state index in [4.69, 9.17) is 9.47 Å². The predicted molar refractivity (Wildman–Crippen MR) is 108 cm³/mol. The fourth-order valence-corrected chi connectivity index (χ4v) is 2.77. The summed E-state index contributed by atoms with van der Waals surface area (Å²) >= 11 is 0.